The van der Waals surface area contributed by atoms with Gasteiger partial charge in [-0.25, -0.2) is 4.68 Å². The number of hydrogen-bond donors (Lipinski definition) is 1. The molecule has 1 N–H and O–H groups in total. The summed E-state index contributed by atoms with van der Waals surface area (Å²) in [4.78, 5) is 12.7. The van der Waals surface area contributed by atoms with Crippen LogP contribution in [0.5, 0.6) is 0 Å². The van der Waals surface area contributed by atoms with E-state index >= 15 is 0 Å². The number of H-pyrrole nitrogens is 1. The third-order valence-corrected chi connectivity index (χ3v) is 3.52. The monoisotopic (exact) mass is 312 g/mol. The molecular formula is C18H24N4O. The predicted octanol–water partition coefficient (Wildman–Crippen LogP) is 3.71. The molecule has 0 saturated carbocycles. The smallest absolute Gasteiger partial charge is 0.280 e. The number of aromatic nitrogens is 2. The Balaban J connectivity index is 2.37. The highest BCUT2D eigenvalue weighted by Gasteiger charge is 2.14. The third kappa shape index (κ3) is 4.06. The van der Waals surface area contributed by atoms with Crippen LogP contribution >= 0.6 is 0 Å². The van der Waals surface area contributed by atoms with Crippen LogP contribution in [0.1, 0.15) is 45.4 Å². The zero-order chi connectivity index (χ0) is 17.0. The lowest BCUT2D eigenvalue weighted by atomic mass is 10.1. The van der Waals surface area contributed by atoms with Crippen LogP contribution in [0.4, 0.5) is 0 Å². The first-order valence-corrected chi connectivity index (χ1v) is 7.85. The van der Waals surface area contributed by atoms with Gasteiger partial charge in [-0.1, -0.05) is 32.0 Å². The molecular weight excluding hydrogens is 288 g/mol. The summed E-state index contributed by atoms with van der Waals surface area (Å²) >= 11 is 0. The highest BCUT2D eigenvalue weighted by molar-refractivity contribution is 5.99. The molecule has 0 aliphatic carbocycles. The van der Waals surface area contributed by atoms with Crippen LogP contribution in [-0.4, -0.2) is 21.2 Å². The Morgan fingerprint density at radius 3 is 2.43 bits per heavy atom. The molecule has 0 unspecified atom stereocenters. The van der Waals surface area contributed by atoms with Gasteiger partial charge in [0, 0.05) is 11.4 Å². The van der Waals surface area contributed by atoms with E-state index in [1.54, 1.807) is 0 Å². The molecule has 1 aromatic heterocycles. The summed E-state index contributed by atoms with van der Waals surface area (Å²) in [5.74, 6) is 0.540. The van der Waals surface area contributed by atoms with E-state index in [2.05, 4.69) is 29.1 Å². The van der Waals surface area contributed by atoms with E-state index in [0.717, 1.165) is 23.5 Å². The second-order valence-electron chi connectivity index (χ2n) is 6.21. The van der Waals surface area contributed by atoms with E-state index in [4.69, 9.17) is 0 Å². The van der Waals surface area contributed by atoms with Crippen molar-refractivity contribution < 1.29 is 0 Å². The Labute approximate surface area is 136 Å². The van der Waals surface area contributed by atoms with Crippen molar-refractivity contribution in [1.29, 1.82) is 0 Å². The number of benzene rings is 1. The number of aryl methyl sites for hydroxylation is 1. The summed E-state index contributed by atoms with van der Waals surface area (Å²) in [5.41, 5.74) is 3.66. The van der Waals surface area contributed by atoms with Gasteiger partial charge in [-0.05, 0) is 45.2 Å². The topological polar surface area (TPSA) is 62.5 Å². The van der Waals surface area contributed by atoms with Gasteiger partial charge in [-0.2, -0.15) is 10.2 Å². The van der Waals surface area contributed by atoms with Crippen LogP contribution in [0.2, 0.25) is 0 Å². The highest BCUT2D eigenvalue weighted by atomic mass is 16.1. The maximum atomic E-state index is 12.7. The summed E-state index contributed by atoms with van der Waals surface area (Å²) < 4.78 is 1.54. The van der Waals surface area contributed by atoms with Crippen molar-refractivity contribution in [1.82, 2.24) is 9.78 Å². The van der Waals surface area contributed by atoms with Gasteiger partial charge < -0.3 is 0 Å². The molecule has 23 heavy (non-hydrogen) atoms. The number of rotatable bonds is 5. The lowest BCUT2D eigenvalue weighted by Gasteiger charge is -2.01. The van der Waals surface area contributed by atoms with Crippen LogP contribution in [0.15, 0.2) is 45.3 Å². The lowest BCUT2D eigenvalue weighted by Crippen LogP contribution is -2.19. The van der Waals surface area contributed by atoms with Gasteiger partial charge in [0.05, 0.1) is 17.0 Å². The second-order valence-corrected chi connectivity index (χ2v) is 6.21. The third-order valence-electron chi connectivity index (χ3n) is 3.52. The molecule has 122 valence electrons. The normalized spacial score (nSPS) is 13.0. The molecule has 2 aromatic rings. The second kappa shape index (κ2) is 7.22. The molecule has 0 aliphatic rings. The van der Waals surface area contributed by atoms with E-state index < -0.39 is 0 Å². The SMILES string of the molecule is CC(CC(C)C)=NN=C(C)c1c(C)[nH]n(-c2ccccc2)c1=O. The minimum absolute atomic E-state index is 0.105. The van der Waals surface area contributed by atoms with Gasteiger partial charge in [-0.15, -0.1) is 0 Å². The average Bonchev–Trinajstić information content (AvgIpc) is 2.80. The van der Waals surface area contributed by atoms with Crippen LogP contribution < -0.4 is 5.56 Å². The standard InChI is InChI=1S/C18H24N4O/c1-12(2)11-13(3)19-20-14(4)17-15(5)21-22(18(17)23)16-9-7-6-8-10-16/h6-10,12,21H,11H2,1-5H3. The first kappa shape index (κ1) is 16.9. The van der Waals surface area contributed by atoms with Crippen molar-refractivity contribution in [2.45, 2.75) is 41.0 Å². The van der Waals surface area contributed by atoms with Crippen molar-refractivity contribution in [2.75, 3.05) is 0 Å². The average molecular weight is 312 g/mol. The molecule has 5 heteroatoms. The maximum Gasteiger partial charge on any atom is 0.280 e. The Morgan fingerprint density at radius 1 is 1.17 bits per heavy atom. The molecule has 0 spiro atoms. The van der Waals surface area contributed by atoms with Gasteiger partial charge in [0.1, 0.15) is 0 Å². The molecule has 0 saturated heterocycles. The Morgan fingerprint density at radius 2 is 1.83 bits per heavy atom. The maximum absolute atomic E-state index is 12.7. The quantitative estimate of drug-likeness (QED) is 0.664. The van der Waals surface area contributed by atoms with Crippen LogP contribution in [0.25, 0.3) is 5.69 Å². The molecule has 2 rings (SSSR count). The molecule has 0 radical (unpaired) electrons. The number of nitrogens with one attached hydrogen (secondary N) is 1. The van der Waals surface area contributed by atoms with Crippen molar-refractivity contribution >= 4 is 11.4 Å². The summed E-state index contributed by atoms with van der Waals surface area (Å²) in [6, 6.07) is 9.50. The van der Waals surface area contributed by atoms with Gasteiger partial charge in [0.2, 0.25) is 0 Å². The largest absolute Gasteiger partial charge is 0.295 e. The van der Waals surface area contributed by atoms with E-state index in [0.29, 0.717) is 17.2 Å². The number of hydrogen-bond acceptors (Lipinski definition) is 3. The first-order chi connectivity index (χ1) is 10.9. The molecule has 1 heterocycles. The molecule has 0 amide bonds. The fourth-order valence-corrected chi connectivity index (χ4v) is 2.57. The Bertz CT molecular complexity index is 779. The van der Waals surface area contributed by atoms with Crippen molar-refractivity contribution in [3.8, 4) is 5.69 Å². The Kier molecular flexibility index (Phi) is 5.32. The van der Waals surface area contributed by atoms with Crippen LogP contribution in [0.3, 0.4) is 0 Å². The number of para-hydroxylation sites is 1. The van der Waals surface area contributed by atoms with Crippen molar-refractivity contribution in [3.63, 3.8) is 0 Å². The zero-order valence-electron chi connectivity index (χ0n) is 14.4. The summed E-state index contributed by atoms with van der Waals surface area (Å²) in [7, 11) is 0. The minimum Gasteiger partial charge on any atom is -0.295 e. The fraction of sp³-hybridized carbons (Fsp3) is 0.389. The van der Waals surface area contributed by atoms with Crippen LogP contribution in [-0.2, 0) is 0 Å². The fourth-order valence-electron chi connectivity index (χ4n) is 2.57. The van der Waals surface area contributed by atoms with Crippen molar-refractivity contribution in [2.24, 2.45) is 16.1 Å². The molecule has 0 atom stereocenters. The summed E-state index contributed by atoms with van der Waals surface area (Å²) in [6.45, 7) is 9.94. The molecule has 1 aromatic carbocycles. The zero-order valence-corrected chi connectivity index (χ0v) is 14.4. The first-order valence-electron chi connectivity index (χ1n) is 7.85. The predicted molar refractivity (Wildman–Crippen MR) is 95.9 cm³/mol. The van der Waals surface area contributed by atoms with Crippen molar-refractivity contribution in [3.05, 3.63) is 51.9 Å². The number of aromatic amines is 1. The van der Waals surface area contributed by atoms with Crippen LogP contribution in [0, 0.1) is 12.8 Å². The minimum atomic E-state index is -0.105. The Hall–Kier alpha value is -2.43. The van der Waals surface area contributed by atoms with Gasteiger partial charge in [0.25, 0.3) is 5.56 Å². The van der Waals surface area contributed by atoms with E-state index in [-0.39, 0.29) is 5.56 Å². The van der Waals surface area contributed by atoms with Gasteiger partial charge in [0.15, 0.2) is 0 Å². The molecule has 5 nitrogen and oxygen atoms in total. The lowest BCUT2D eigenvalue weighted by molar-refractivity contribution is 0.681. The summed E-state index contributed by atoms with van der Waals surface area (Å²) in [6.07, 6.45) is 0.900. The van der Waals surface area contributed by atoms with E-state index in [9.17, 15) is 4.79 Å². The number of nitrogens with zero attached hydrogens (tertiary/aromatic N) is 3. The van der Waals surface area contributed by atoms with E-state index in [1.165, 1.54) is 4.68 Å². The molecule has 0 fully saturated rings. The molecule has 0 aliphatic heterocycles. The molecule has 0 bridgehead atoms. The van der Waals surface area contributed by atoms with E-state index in [1.807, 2.05) is 51.1 Å². The van der Waals surface area contributed by atoms with Gasteiger partial charge in [-0.3, -0.25) is 9.89 Å². The highest BCUT2D eigenvalue weighted by Crippen LogP contribution is 2.08. The summed E-state index contributed by atoms with van der Waals surface area (Å²) in [5, 5.41) is 11.6. The van der Waals surface area contributed by atoms with Gasteiger partial charge >= 0.3 is 0 Å².